The molecule has 0 bridgehead atoms. The van der Waals surface area contributed by atoms with Crippen molar-refractivity contribution in [2.45, 2.75) is 25.9 Å². The summed E-state index contributed by atoms with van der Waals surface area (Å²) < 4.78 is 1.80. The number of fused-ring (bicyclic) bond motifs is 1. The molecule has 4 rings (SSSR count). The number of rotatable bonds is 6. The Labute approximate surface area is 193 Å². The van der Waals surface area contributed by atoms with E-state index in [1.54, 1.807) is 44.9 Å². The van der Waals surface area contributed by atoms with Gasteiger partial charge in [0.2, 0.25) is 5.91 Å². The average Bonchev–Trinajstić information content (AvgIpc) is 3.21. The third kappa shape index (κ3) is 4.62. The van der Waals surface area contributed by atoms with Crippen molar-refractivity contribution in [3.63, 3.8) is 0 Å². The number of hydrogen-bond donors (Lipinski definition) is 1. The summed E-state index contributed by atoms with van der Waals surface area (Å²) in [7, 11) is 3.34. The number of aromatic nitrogens is 3. The van der Waals surface area contributed by atoms with Crippen LogP contribution in [0.1, 0.15) is 29.8 Å². The summed E-state index contributed by atoms with van der Waals surface area (Å²) in [5.74, 6) is -0.539. The predicted molar refractivity (Wildman–Crippen MR) is 129 cm³/mol. The number of benzene rings is 2. The fraction of sp³-hybridized carbons (Fsp3) is 0.231. The molecule has 0 atom stereocenters. The van der Waals surface area contributed by atoms with Crippen molar-refractivity contribution in [1.82, 2.24) is 25.0 Å². The summed E-state index contributed by atoms with van der Waals surface area (Å²) >= 11 is 0. The van der Waals surface area contributed by atoms with Crippen LogP contribution in [-0.2, 0) is 11.3 Å². The van der Waals surface area contributed by atoms with E-state index in [-0.39, 0.29) is 11.8 Å². The van der Waals surface area contributed by atoms with Crippen LogP contribution in [0.3, 0.4) is 0 Å². The van der Waals surface area contributed by atoms with Gasteiger partial charge < -0.3 is 10.2 Å². The zero-order valence-electron chi connectivity index (χ0n) is 19.2. The molecule has 0 saturated carbocycles. The van der Waals surface area contributed by atoms with Crippen LogP contribution >= 0.6 is 0 Å². The molecular weight excluding hydrogens is 414 g/mol. The van der Waals surface area contributed by atoms with Gasteiger partial charge in [0.1, 0.15) is 5.54 Å². The molecule has 1 N–H and O–H groups in total. The van der Waals surface area contributed by atoms with Gasteiger partial charge in [-0.05, 0) is 25.5 Å². The first kappa shape index (κ1) is 22.2. The first-order valence-corrected chi connectivity index (χ1v) is 10.8. The molecule has 2 aromatic carbocycles. The fourth-order valence-corrected chi connectivity index (χ4v) is 3.83. The van der Waals surface area contributed by atoms with Crippen molar-refractivity contribution in [2.75, 3.05) is 14.1 Å². The maximum atomic E-state index is 13.4. The van der Waals surface area contributed by atoms with Crippen LogP contribution in [0.4, 0.5) is 0 Å². The molecule has 0 unspecified atom stereocenters. The van der Waals surface area contributed by atoms with Gasteiger partial charge in [0.15, 0.2) is 5.65 Å². The minimum atomic E-state index is -1.07. The van der Waals surface area contributed by atoms with Crippen molar-refractivity contribution in [1.29, 1.82) is 0 Å². The Bertz CT molecular complexity index is 1290. The second kappa shape index (κ2) is 8.86. The Morgan fingerprint density at radius 2 is 1.64 bits per heavy atom. The van der Waals surface area contributed by atoms with E-state index in [2.05, 4.69) is 10.4 Å². The zero-order chi connectivity index (χ0) is 23.6. The minimum Gasteiger partial charge on any atom is -0.347 e. The Morgan fingerprint density at radius 1 is 1.00 bits per heavy atom. The third-order valence-electron chi connectivity index (χ3n) is 5.47. The maximum absolute atomic E-state index is 13.4. The standard InChI is InChI=1S/C26H27N5O2/c1-26(2,25(33)30(3)4)29-24(32)20-15-22(19-13-9-6-10-14-19)28-23-21(20)16-27-31(23)17-18-11-7-5-8-12-18/h5-16H,17H2,1-4H3,(H,29,32). The van der Waals surface area contributed by atoms with E-state index in [1.165, 1.54) is 4.90 Å². The molecular formula is C26H27N5O2. The number of hydrogen-bond acceptors (Lipinski definition) is 4. The lowest BCUT2D eigenvalue weighted by Gasteiger charge is -2.28. The van der Waals surface area contributed by atoms with Gasteiger partial charge in [-0.25, -0.2) is 9.67 Å². The number of carbonyl (C=O) groups excluding carboxylic acids is 2. The van der Waals surface area contributed by atoms with Gasteiger partial charge in [-0.15, -0.1) is 0 Å². The lowest BCUT2D eigenvalue weighted by atomic mass is 10.0. The highest BCUT2D eigenvalue weighted by Crippen LogP contribution is 2.26. The Hall–Kier alpha value is -4.00. The number of pyridine rings is 1. The molecule has 7 nitrogen and oxygen atoms in total. The lowest BCUT2D eigenvalue weighted by molar-refractivity contribution is -0.134. The average molecular weight is 442 g/mol. The van der Waals surface area contributed by atoms with Crippen molar-refractivity contribution in [2.24, 2.45) is 0 Å². The van der Waals surface area contributed by atoms with Crippen molar-refractivity contribution in [3.05, 3.63) is 84.1 Å². The van der Waals surface area contributed by atoms with Crippen LogP contribution in [0.2, 0.25) is 0 Å². The van der Waals surface area contributed by atoms with E-state index in [0.29, 0.717) is 28.8 Å². The lowest BCUT2D eigenvalue weighted by Crippen LogP contribution is -2.54. The molecule has 33 heavy (non-hydrogen) atoms. The molecule has 168 valence electrons. The van der Waals surface area contributed by atoms with E-state index in [4.69, 9.17) is 4.98 Å². The van der Waals surface area contributed by atoms with Gasteiger partial charge in [-0.3, -0.25) is 9.59 Å². The molecule has 4 aromatic rings. The monoisotopic (exact) mass is 441 g/mol. The zero-order valence-corrected chi connectivity index (χ0v) is 19.2. The Kier molecular flexibility index (Phi) is 5.96. The van der Waals surface area contributed by atoms with E-state index >= 15 is 0 Å². The molecule has 0 saturated heterocycles. The van der Waals surface area contributed by atoms with Crippen LogP contribution in [0.5, 0.6) is 0 Å². The topological polar surface area (TPSA) is 80.1 Å². The molecule has 0 spiro atoms. The number of carbonyl (C=O) groups is 2. The second-order valence-electron chi connectivity index (χ2n) is 8.72. The largest absolute Gasteiger partial charge is 0.347 e. The fourth-order valence-electron chi connectivity index (χ4n) is 3.83. The first-order chi connectivity index (χ1) is 15.8. The molecule has 0 aliphatic rings. The molecule has 0 aliphatic carbocycles. The SMILES string of the molecule is CN(C)C(=O)C(C)(C)NC(=O)c1cc(-c2ccccc2)nc2c1cnn2Cc1ccccc1. The van der Waals surface area contributed by atoms with Crippen molar-refractivity contribution < 1.29 is 9.59 Å². The summed E-state index contributed by atoms with van der Waals surface area (Å²) in [6, 6.07) is 21.4. The molecule has 2 heterocycles. The number of nitrogens with zero attached hydrogens (tertiary/aromatic N) is 4. The van der Waals surface area contributed by atoms with E-state index < -0.39 is 5.54 Å². The van der Waals surface area contributed by atoms with Gasteiger partial charge in [0.25, 0.3) is 5.91 Å². The number of amides is 2. The molecule has 2 aromatic heterocycles. The highest BCUT2D eigenvalue weighted by atomic mass is 16.2. The van der Waals surface area contributed by atoms with Crippen LogP contribution < -0.4 is 5.32 Å². The van der Waals surface area contributed by atoms with Crippen molar-refractivity contribution in [3.8, 4) is 11.3 Å². The van der Waals surface area contributed by atoms with Crippen LogP contribution in [0.25, 0.3) is 22.3 Å². The molecule has 0 radical (unpaired) electrons. The number of likely N-dealkylation sites (N-methyl/N-ethyl adjacent to an activating group) is 1. The maximum Gasteiger partial charge on any atom is 0.253 e. The van der Waals surface area contributed by atoms with Gasteiger partial charge in [0.05, 0.1) is 29.4 Å². The van der Waals surface area contributed by atoms with Gasteiger partial charge in [-0.2, -0.15) is 5.10 Å². The first-order valence-electron chi connectivity index (χ1n) is 10.8. The Balaban J connectivity index is 1.81. The summed E-state index contributed by atoms with van der Waals surface area (Å²) in [6.45, 7) is 3.92. The molecule has 0 fully saturated rings. The van der Waals surface area contributed by atoms with Crippen LogP contribution in [0.15, 0.2) is 72.9 Å². The quantitative estimate of drug-likeness (QED) is 0.494. The highest BCUT2D eigenvalue weighted by Gasteiger charge is 2.32. The molecule has 7 heteroatoms. The summed E-state index contributed by atoms with van der Waals surface area (Å²) in [6.07, 6.45) is 1.66. The van der Waals surface area contributed by atoms with Gasteiger partial charge in [-0.1, -0.05) is 60.7 Å². The molecule has 0 aliphatic heterocycles. The smallest absolute Gasteiger partial charge is 0.253 e. The Morgan fingerprint density at radius 3 is 2.27 bits per heavy atom. The van der Waals surface area contributed by atoms with Gasteiger partial charge >= 0.3 is 0 Å². The summed E-state index contributed by atoms with van der Waals surface area (Å²) in [5.41, 5.74) is 2.62. The van der Waals surface area contributed by atoms with Gasteiger partial charge in [0, 0.05) is 19.7 Å². The van der Waals surface area contributed by atoms with E-state index in [0.717, 1.165) is 11.1 Å². The van der Waals surface area contributed by atoms with Crippen LogP contribution in [-0.4, -0.2) is 51.1 Å². The molecule has 2 amide bonds. The van der Waals surface area contributed by atoms with E-state index in [9.17, 15) is 9.59 Å². The highest BCUT2D eigenvalue weighted by molar-refractivity contribution is 6.08. The van der Waals surface area contributed by atoms with E-state index in [1.807, 2.05) is 60.7 Å². The summed E-state index contributed by atoms with van der Waals surface area (Å²) in [5, 5.41) is 8.05. The normalized spacial score (nSPS) is 11.4. The van der Waals surface area contributed by atoms with Crippen molar-refractivity contribution >= 4 is 22.8 Å². The summed E-state index contributed by atoms with van der Waals surface area (Å²) in [4.78, 5) is 32.3. The minimum absolute atomic E-state index is 0.191. The number of nitrogens with one attached hydrogen (secondary N) is 1. The third-order valence-corrected chi connectivity index (χ3v) is 5.47. The second-order valence-corrected chi connectivity index (χ2v) is 8.72. The predicted octanol–water partition coefficient (Wildman–Crippen LogP) is 3.74. The van der Waals surface area contributed by atoms with Crippen LogP contribution in [0, 0.1) is 0 Å².